The second-order valence-corrected chi connectivity index (χ2v) is 9.22. The average Bonchev–Trinajstić information content (AvgIpc) is 3.45. The Kier molecular flexibility index (Phi) is 6.35. The number of amides is 1. The Balaban J connectivity index is 1.30. The van der Waals surface area contributed by atoms with Crippen molar-refractivity contribution in [2.75, 3.05) is 23.8 Å². The molecule has 0 radical (unpaired) electrons. The van der Waals surface area contributed by atoms with Crippen LogP contribution in [0.4, 0.5) is 11.5 Å². The van der Waals surface area contributed by atoms with Gasteiger partial charge in [-0.2, -0.15) is 0 Å². The van der Waals surface area contributed by atoms with E-state index in [1.54, 1.807) is 18.2 Å². The Labute approximate surface area is 185 Å². The van der Waals surface area contributed by atoms with Gasteiger partial charge in [-0.3, -0.25) is 14.5 Å². The third-order valence-electron chi connectivity index (χ3n) is 4.82. The van der Waals surface area contributed by atoms with Crippen LogP contribution in [0.25, 0.3) is 0 Å². The fourth-order valence-electron chi connectivity index (χ4n) is 3.03. The summed E-state index contributed by atoms with van der Waals surface area (Å²) >= 11 is 0. The van der Waals surface area contributed by atoms with Gasteiger partial charge < -0.3 is 15.4 Å². The number of aliphatic imine (C=N–C) groups is 1. The monoisotopic (exact) mass is 457 g/mol. The van der Waals surface area contributed by atoms with Crippen molar-refractivity contribution >= 4 is 39.2 Å². The number of benzene rings is 1. The van der Waals surface area contributed by atoms with Crippen LogP contribution in [0.5, 0.6) is 0 Å². The number of rotatable bonds is 8. The molecule has 1 fully saturated rings. The molecule has 0 bridgehead atoms. The van der Waals surface area contributed by atoms with Crippen molar-refractivity contribution in [1.29, 1.82) is 0 Å². The molecule has 0 atom stereocenters. The summed E-state index contributed by atoms with van der Waals surface area (Å²) in [4.78, 5) is 32.6. The Morgan fingerprint density at radius 2 is 2.00 bits per heavy atom. The number of pyridine rings is 1. The van der Waals surface area contributed by atoms with Crippen LogP contribution in [0.1, 0.15) is 36.0 Å². The lowest BCUT2D eigenvalue weighted by molar-refractivity contribution is -0.119. The number of nitrogens with one attached hydrogen (secondary N) is 3. The minimum absolute atomic E-state index is 0.00661. The van der Waals surface area contributed by atoms with Crippen LogP contribution in [0.3, 0.4) is 0 Å². The van der Waals surface area contributed by atoms with E-state index in [-0.39, 0.29) is 16.1 Å². The molecule has 2 aliphatic rings. The van der Waals surface area contributed by atoms with E-state index in [1.807, 2.05) is 0 Å². The standard InChI is InChI=1S/C21H23N5O5S/c27-20(13-31-21(28)14-6-9-18(23-12-14)24-15-7-8-15)25-16-3-1-4-17(11-16)32(29,30)26-19-5-2-10-22-19/h1,3-4,6,9,11-12,15H,2,5,7-8,10,13H2,(H,22,26)(H,23,24)(H,25,27). The van der Waals surface area contributed by atoms with Crippen molar-refractivity contribution in [3.8, 4) is 0 Å². The van der Waals surface area contributed by atoms with Crippen LogP contribution in [-0.2, 0) is 19.6 Å². The summed E-state index contributed by atoms with van der Waals surface area (Å²) in [6, 6.07) is 9.51. The molecule has 0 spiro atoms. The van der Waals surface area contributed by atoms with Gasteiger partial charge in [0.1, 0.15) is 11.7 Å². The maximum Gasteiger partial charge on any atom is 0.340 e. The van der Waals surface area contributed by atoms with Gasteiger partial charge in [0.25, 0.3) is 15.9 Å². The van der Waals surface area contributed by atoms with Crippen molar-refractivity contribution < 1.29 is 22.7 Å². The SMILES string of the molecule is O=C(COC(=O)c1ccc(NC2CC2)nc1)Nc1cccc(S(=O)(=O)NC2=NCCC2)c1. The number of hydrogen-bond donors (Lipinski definition) is 3. The van der Waals surface area contributed by atoms with E-state index in [2.05, 4.69) is 25.3 Å². The Morgan fingerprint density at radius 3 is 2.69 bits per heavy atom. The molecule has 10 nitrogen and oxygen atoms in total. The van der Waals surface area contributed by atoms with Gasteiger partial charge >= 0.3 is 5.97 Å². The lowest BCUT2D eigenvalue weighted by Crippen LogP contribution is -2.29. The quantitative estimate of drug-likeness (QED) is 0.515. The minimum Gasteiger partial charge on any atom is -0.452 e. The fraction of sp³-hybridized carbons (Fsp3) is 0.333. The summed E-state index contributed by atoms with van der Waals surface area (Å²) in [6.45, 7) is 0.0805. The third-order valence-corrected chi connectivity index (χ3v) is 6.20. The van der Waals surface area contributed by atoms with Gasteiger partial charge in [-0.25, -0.2) is 18.2 Å². The molecule has 1 amide bonds. The Hall–Kier alpha value is -3.47. The molecule has 1 aromatic heterocycles. The molecular weight excluding hydrogens is 434 g/mol. The normalized spacial score (nSPS) is 15.6. The van der Waals surface area contributed by atoms with Crippen molar-refractivity contribution in [2.24, 2.45) is 4.99 Å². The molecule has 1 aromatic carbocycles. The van der Waals surface area contributed by atoms with Crippen LogP contribution < -0.4 is 15.4 Å². The molecule has 0 unspecified atom stereocenters. The highest BCUT2D eigenvalue weighted by Gasteiger charge is 2.21. The lowest BCUT2D eigenvalue weighted by atomic mass is 10.3. The number of sulfonamides is 1. The topological polar surface area (TPSA) is 139 Å². The highest BCUT2D eigenvalue weighted by atomic mass is 32.2. The number of anilines is 2. The zero-order valence-electron chi connectivity index (χ0n) is 17.2. The first-order valence-electron chi connectivity index (χ1n) is 10.2. The summed E-state index contributed by atoms with van der Waals surface area (Å²) in [5.41, 5.74) is 0.493. The number of carbonyl (C=O) groups excluding carboxylic acids is 2. The summed E-state index contributed by atoms with van der Waals surface area (Å²) in [5, 5.41) is 5.74. The van der Waals surface area contributed by atoms with Crippen molar-refractivity contribution in [3.63, 3.8) is 0 Å². The number of ether oxygens (including phenoxy) is 1. The number of carbonyl (C=O) groups is 2. The molecule has 32 heavy (non-hydrogen) atoms. The van der Waals surface area contributed by atoms with Gasteiger partial charge in [0, 0.05) is 30.9 Å². The van der Waals surface area contributed by atoms with E-state index in [0.29, 0.717) is 30.7 Å². The first-order chi connectivity index (χ1) is 15.4. The average molecular weight is 458 g/mol. The van der Waals surface area contributed by atoms with Gasteiger partial charge in [-0.15, -0.1) is 0 Å². The molecule has 11 heteroatoms. The third kappa shape index (κ3) is 5.82. The van der Waals surface area contributed by atoms with E-state index in [9.17, 15) is 18.0 Å². The van der Waals surface area contributed by atoms with E-state index in [0.717, 1.165) is 19.3 Å². The molecule has 1 saturated carbocycles. The predicted molar refractivity (Wildman–Crippen MR) is 118 cm³/mol. The van der Waals surface area contributed by atoms with Crippen LogP contribution in [-0.4, -0.2) is 50.3 Å². The van der Waals surface area contributed by atoms with Crippen LogP contribution in [0.2, 0.25) is 0 Å². The summed E-state index contributed by atoms with van der Waals surface area (Å²) in [7, 11) is -3.80. The zero-order valence-corrected chi connectivity index (χ0v) is 18.0. The van der Waals surface area contributed by atoms with Gasteiger partial charge in [0.2, 0.25) is 0 Å². The molecule has 168 valence electrons. The smallest absolute Gasteiger partial charge is 0.340 e. The molecule has 4 rings (SSSR count). The van der Waals surface area contributed by atoms with Crippen molar-refractivity contribution in [3.05, 3.63) is 48.2 Å². The summed E-state index contributed by atoms with van der Waals surface area (Å²) < 4.78 is 32.5. The number of hydrogen-bond acceptors (Lipinski definition) is 8. The molecular formula is C21H23N5O5S. The molecule has 3 N–H and O–H groups in total. The van der Waals surface area contributed by atoms with Crippen molar-refractivity contribution in [1.82, 2.24) is 9.71 Å². The Morgan fingerprint density at radius 1 is 1.16 bits per heavy atom. The molecule has 2 aromatic rings. The van der Waals surface area contributed by atoms with E-state index in [1.165, 1.54) is 24.4 Å². The summed E-state index contributed by atoms with van der Waals surface area (Å²) in [5.74, 6) is -0.159. The number of esters is 1. The first-order valence-corrected chi connectivity index (χ1v) is 11.7. The van der Waals surface area contributed by atoms with Gasteiger partial charge in [-0.05, 0) is 49.6 Å². The number of aromatic nitrogens is 1. The van der Waals surface area contributed by atoms with E-state index >= 15 is 0 Å². The molecule has 2 heterocycles. The summed E-state index contributed by atoms with van der Waals surface area (Å²) in [6.07, 6.45) is 5.00. The van der Waals surface area contributed by atoms with Gasteiger partial charge in [0.05, 0.1) is 10.5 Å². The van der Waals surface area contributed by atoms with Crippen molar-refractivity contribution in [2.45, 2.75) is 36.6 Å². The molecule has 1 aliphatic carbocycles. The van der Waals surface area contributed by atoms with E-state index in [4.69, 9.17) is 4.74 Å². The second kappa shape index (κ2) is 9.35. The molecule has 0 saturated heterocycles. The Bertz CT molecular complexity index is 1140. The number of nitrogens with zero attached hydrogens (tertiary/aromatic N) is 2. The molecule has 1 aliphatic heterocycles. The minimum atomic E-state index is -3.80. The van der Waals surface area contributed by atoms with Gasteiger partial charge in [0.15, 0.2) is 6.61 Å². The largest absolute Gasteiger partial charge is 0.452 e. The van der Waals surface area contributed by atoms with Crippen LogP contribution >= 0.6 is 0 Å². The second-order valence-electron chi connectivity index (χ2n) is 7.54. The highest BCUT2D eigenvalue weighted by molar-refractivity contribution is 7.90. The van der Waals surface area contributed by atoms with Crippen LogP contribution in [0, 0.1) is 0 Å². The highest BCUT2D eigenvalue weighted by Crippen LogP contribution is 2.23. The van der Waals surface area contributed by atoms with Crippen LogP contribution in [0.15, 0.2) is 52.5 Å². The van der Waals surface area contributed by atoms with Gasteiger partial charge in [-0.1, -0.05) is 6.07 Å². The lowest BCUT2D eigenvalue weighted by Gasteiger charge is -2.10. The van der Waals surface area contributed by atoms with E-state index < -0.39 is 28.5 Å². The fourth-order valence-corrected chi connectivity index (χ4v) is 4.16. The number of amidine groups is 1. The predicted octanol–water partition coefficient (Wildman–Crippen LogP) is 1.92. The maximum absolute atomic E-state index is 12.5. The maximum atomic E-state index is 12.5. The zero-order chi connectivity index (χ0) is 22.6. The first kappa shape index (κ1) is 21.8.